The minimum atomic E-state index is -2.64. The lowest BCUT2D eigenvalue weighted by molar-refractivity contribution is -0.122. The number of alkyl halides is 2. The minimum Gasteiger partial charge on any atom is -0.349 e. The van der Waals surface area contributed by atoms with Crippen LogP contribution in [-0.2, 0) is 11.2 Å². The lowest BCUT2D eigenvalue weighted by Gasteiger charge is -2.20. The third kappa shape index (κ3) is 5.15. The molecule has 0 aliphatic carbocycles. The molecule has 2 aromatic rings. The first-order valence-electron chi connectivity index (χ1n) is 8.11. The molecule has 2 rings (SSSR count). The minimum absolute atomic E-state index is 0.0762. The van der Waals surface area contributed by atoms with Crippen LogP contribution in [-0.4, -0.2) is 15.5 Å². The second-order valence-electron chi connectivity index (χ2n) is 6.20. The second-order valence-corrected chi connectivity index (χ2v) is 6.20. The average molecular weight is 335 g/mol. The molecule has 0 saturated heterocycles. The van der Waals surface area contributed by atoms with Crippen LogP contribution >= 0.6 is 0 Å². The molecule has 1 aromatic carbocycles. The monoisotopic (exact) mass is 335 g/mol. The van der Waals surface area contributed by atoms with Crippen LogP contribution in [0.25, 0.3) is 0 Å². The van der Waals surface area contributed by atoms with Gasteiger partial charge >= 0.3 is 6.55 Å². The van der Waals surface area contributed by atoms with Gasteiger partial charge in [-0.3, -0.25) is 9.36 Å². The maximum atomic E-state index is 13.0. The average Bonchev–Trinajstić information content (AvgIpc) is 3.01. The molecule has 1 atom stereocenters. The van der Waals surface area contributed by atoms with Gasteiger partial charge in [0.25, 0.3) is 0 Å². The Balaban J connectivity index is 2.14. The lowest BCUT2D eigenvalue weighted by Crippen LogP contribution is -2.30. The number of rotatable bonds is 8. The highest BCUT2D eigenvalue weighted by Gasteiger charge is 2.20. The van der Waals surface area contributed by atoms with E-state index in [1.165, 1.54) is 12.4 Å². The van der Waals surface area contributed by atoms with Crippen molar-refractivity contribution >= 4 is 5.91 Å². The van der Waals surface area contributed by atoms with E-state index in [1.807, 2.05) is 30.3 Å². The van der Waals surface area contributed by atoms with Crippen LogP contribution in [0, 0.1) is 5.92 Å². The highest BCUT2D eigenvalue weighted by Crippen LogP contribution is 2.21. The number of aromatic nitrogens is 2. The molecule has 6 heteroatoms. The van der Waals surface area contributed by atoms with Gasteiger partial charge in [0.2, 0.25) is 5.91 Å². The van der Waals surface area contributed by atoms with Gasteiger partial charge in [-0.2, -0.15) is 8.78 Å². The Bertz CT molecular complexity index is 641. The Kier molecular flexibility index (Phi) is 6.46. The van der Waals surface area contributed by atoms with Crippen molar-refractivity contribution in [3.05, 3.63) is 54.1 Å². The first kappa shape index (κ1) is 18.1. The summed E-state index contributed by atoms with van der Waals surface area (Å²) in [6.07, 6.45) is 4.03. The molecule has 0 aliphatic rings. The van der Waals surface area contributed by atoms with Gasteiger partial charge in [0.05, 0.1) is 6.04 Å². The fraction of sp³-hybridized carbons (Fsp3) is 0.444. The summed E-state index contributed by atoms with van der Waals surface area (Å²) in [5.41, 5.74) is 0.874. The first-order valence-corrected chi connectivity index (χ1v) is 8.11. The van der Waals surface area contributed by atoms with Crippen molar-refractivity contribution in [2.24, 2.45) is 5.92 Å². The number of halogens is 2. The Hall–Kier alpha value is -2.24. The second kappa shape index (κ2) is 8.57. The summed E-state index contributed by atoms with van der Waals surface area (Å²) in [5.74, 6) is 0.611. The van der Waals surface area contributed by atoms with Crippen LogP contribution in [0.15, 0.2) is 42.7 Å². The van der Waals surface area contributed by atoms with Crippen molar-refractivity contribution < 1.29 is 13.6 Å². The van der Waals surface area contributed by atoms with E-state index in [0.717, 1.165) is 16.6 Å². The SMILES string of the molecule is CC(C)CCC(=O)NC(Cc1nccn1C(F)F)c1ccccc1. The molecule has 4 nitrogen and oxygen atoms in total. The van der Waals surface area contributed by atoms with Gasteiger partial charge in [-0.05, 0) is 17.9 Å². The van der Waals surface area contributed by atoms with Gasteiger partial charge in [-0.1, -0.05) is 44.2 Å². The number of hydrogen-bond acceptors (Lipinski definition) is 2. The molecular weight excluding hydrogens is 312 g/mol. The van der Waals surface area contributed by atoms with Crippen LogP contribution < -0.4 is 5.32 Å². The lowest BCUT2D eigenvalue weighted by atomic mass is 10.0. The van der Waals surface area contributed by atoms with Crippen molar-refractivity contribution in [3.8, 4) is 0 Å². The fourth-order valence-corrected chi connectivity index (χ4v) is 2.49. The van der Waals surface area contributed by atoms with Gasteiger partial charge < -0.3 is 5.32 Å². The molecule has 130 valence electrons. The van der Waals surface area contributed by atoms with Gasteiger partial charge in [0.1, 0.15) is 5.82 Å². The van der Waals surface area contributed by atoms with Crippen molar-refractivity contribution in [2.45, 2.75) is 45.7 Å². The molecule has 1 amide bonds. The molecule has 0 saturated carbocycles. The predicted octanol–water partition coefficient (Wildman–Crippen LogP) is 4.11. The van der Waals surface area contributed by atoms with Crippen LogP contribution in [0.2, 0.25) is 0 Å². The molecule has 0 bridgehead atoms. The van der Waals surface area contributed by atoms with Crippen molar-refractivity contribution in [1.82, 2.24) is 14.9 Å². The van der Waals surface area contributed by atoms with Crippen LogP contribution in [0.1, 0.15) is 50.7 Å². The van der Waals surface area contributed by atoms with E-state index in [9.17, 15) is 13.6 Å². The smallest absolute Gasteiger partial charge is 0.319 e. The topological polar surface area (TPSA) is 46.9 Å². The molecule has 0 aliphatic heterocycles. The van der Waals surface area contributed by atoms with Gasteiger partial charge in [0, 0.05) is 25.2 Å². The molecule has 0 fully saturated rings. The molecule has 1 N–H and O–H groups in total. The standard InChI is InChI=1S/C18H23F2N3O/c1-13(2)8-9-17(24)22-15(14-6-4-3-5-7-14)12-16-21-10-11-23(16)18(19)20/h3-7,10-11,13,15,18H,8-9,12H2,1-2H3,(H,22,24). The summed E-state index contributed by atoms with van der Waals surface area (Å²) in [6.45, 7) is 1.47. The third-order valence-corrected chi connectivity index (χ3v) is 3.83. The zero-order valence-corrected chi connectivity index (χ0v) is 14.0. The summed E-state index contributed by atoms with van der Waals surface area (Å²) in [6, 6.07) is 8.98. The number of carbonyl (C=O) groups excluding carboxylic acids is 1. The molecule has 0 radical (unpaired) electrons. The van der Waals surface area contributed by atoms with Crippen LogP contribution in [0.3, 0.4) is 0 Å². The zero-order chi connectivity index (χ0) is 17.5. The number of nitrogens with zero attached hydrogens (tertiary/aromatic N) is 2. The number of carbonyl (C=O) groups is 1. The van der Waals surface area contributed by atoms with Gasteiger partial charge in [-0.15, -0.1) is 0 Å². The van der Waals surface area contributed by atoms with E-state index in [2.05, 4.69) is 24.1 Å². The van der Waals surface area contributed by atoms with E-state index in [0.29, 0.717) is 12.3 Å². The van der Waals surface area contributed by atoms with E-state index in [4.69, 9.17) is 0 Å². The molecular formula is C18H23F2N3O. The Labute approximate surface area is 140 Å². The maximum Gasteiger partial charge on any atom is 0.319 e. The van der Waals surface area contributed by atoms with Crippen LogP contribution in [0.4, 0.5) is 8.78 Å². The van der Waals surface area contributed by atoms with E-state index >= 15 is 0 Å². The number of hydrogen-bond donors (Lipinski definition) is 1. The van der Waals surface area contributed by atoms with Crippen LogP contribution in [0.5, 0.6) is 0 Å². The highest BCUT2D eigenvalue weighted by atomic mass is 19.3. The van der Waals surface area contributed by atoms with Crippen molar-refractivity contribution in [3.63, 3.8) is 0 Å². The normalized spacial score (nSPS) is 12.6. The summed E-state index contributed by atoms with van der Waals surface area (Å²) in [4.78, 5) is 16.2. The van der Waals surface area contributed by atoms with Gasteiger partial charge in [0.15, 0.2) is 0 Å². The molecule has 1 heterocycles. The predicted molar refractivity (Wildman–Crippen MR) is 88.6 cm³/mol. The highest BCUT2D eigenvalue weighted by molar-refractivity contribution is 5.76. The van der Waals surface area contributed by atoms with Crippen molar-refractivity contribution in [2.75, 3.05) is 0 Å². The third-order valence-electron chi connectivity index (χ3n) is 3.83. The number of benzene rings is 1. The summed E-state index contributed by atoms with van der Waals surface area (Å²) in [5, 5.41) is 2.96. The fourth-order valence-electron chi connectivity index (χ4n) is 2.49. The van der Waals surface area contributed by atoms with E-state index < -0.39 is 6.55 Å². The number of imidazole rings is 1. The van der Waals surface area contributed by atoms with E-state index in [1.54, 1.807) is 0 Å². The van der Waals surface area contributed by atoms with Crippen molar-refractivity contribution in [1.29, 1.82) is 0 Å². The Morgan fingerprint density at radius 1 is 1.25 bits per heavy atom. The molecule has 1 aromatic heterocycles. The Morgan fingerprint density at radius 3 is 2.58 bits per heavy atom. The number of amides is 1. The summed E-state index contributed by atoms with van der Waals surface area (Å²) >= 11 is 0. The molecule has 24 heavy (non-hydrogen) atoms. The van der Waals surface area contributed by atoms with Gasteiger partial charge in [-0.25, -0.2) is 4.98 Å². The van der Waals surface area contributed by atoms with E-state index in [-0.39, 0.29) is 24.2 Å². The molecule has 1 unspecified atom stereocenters. The first-order chi connectivity index (χ1) is 11.5. The number of nitrogens with one attached hydrogen (secondary N) is 1. The summed E-state index contributed by atoms with van der Waals surface area (Å²) in [7, 11) is 0. The summed E-state index contributed by atoms with van der Waals surface area (Å²) < 4.78 is 26.9. The largest absolute Gasteiger partial charge is 0.349 e. The maximum absolute atomic E-state index is 13.0. The quantitative estimate of drug-likeness (QED) is 0.789. The Morgan fingerprint density at radius 2 is 1.96 bits per heavy atom. The zero-order valence-electron chi connectivity index (χ0n) is 14.0. The molecule has 0 spiro atoms.